The van der Waals surface area contributed by atoms with Gasteiger partial charge in [0.15, 0.2) is 11.8 Å². The first-order chi connectivity index (χ1) is 19.1. The Bertz CT molecular complexity index is 1760. The second-order valence-corrected chi connectivity index (χ2v) is 10.8. The zero-order valence-corrected chi connectivity index (χ0v) is 23.1. The van der Waals surface area contributed by atoms with Gasteiger partial charge in [0.2, 0.25) is 17.6 Å². The van der Waals surface area contributed by atoms with Crippen molar-refractivity contribution in [1.82, 2.24) is 9.55 Å². The van der Waals surface area contributed by atoms with Gasteiger partial charge in [-0.25, -0.2) is 14.7 Å². The lowest BCUT2D eigenvalue weighted by atomic mass is 10.1. The quantitative estimate of drug-likeness (QED) is 0.131. The van der Waals surface area contributed by atoms with E-state index in [9.17, 15) is 24.0 Å². The van der Waals surface area contributed by atoms with Crippen molar-refractivity contribution < 1.29 is 23.9 Å². The predicted molar refractivity (Wildman–Crippen MR) is 151 cm³/mol. The van der Waals surface area contributed by atoms with Crippen LogP contribution in [0.25, 0.3) is 10.9 Å². The number of benzene rings is 3. The minimum absolute atomic E-state index is 0.0780. The molecule has 0 N–H and O–H groups in total. The van der Waals surface area contributed by atoms with Crippen molar-refractivity contribution in [3.8, 4) is 0 Å². The van der Waals surface area contributed by atoms with E-state index in [0.29, 0.717) is 21.1 Å². The number of ether oxygens (including phenoxy) is 1. The van der Waals surface area contributed by atoms with Crippen molar-refractivity contribution in [1.29, 1.82) is 0 Å². The Labute approximate surface area is 241 Å². The fourth-order valence-electron chi connectivity index (χ4n) is 4.15. The van der Waals surface area contributed by atoms with Crippen molar-refractivity contribution in [2.24, 2.45) is 7.05 Å². The molecule has 40 heavy (non-hydrogen) atoms. The van der Waals surface area contributed by atoms with Gasteiger partial charge in [0.1, 0.15) is 5.25 Å². The highest BCUT2D eigenvalue weighted by Crippen LogP contribution is 2.33. The van der Waals surface area contributed by atoms with Crippen LogP contribution in [0.5, 0.6) is 0 Å². The molecule has 1 aliphatic rings. The summed E-state index contributed by atoms with van der Waals surface area (Å²) in [6.45, 7) is -0.532. The van der Waals surface area contributed by atoms with Gasteiger partial charge in [-0.3, -0.25) is 23.7 Å². The summed E-state index contributed by atoms with van der Waals surface area (Å²) in [6.07, 6.45) is -0.0780. The van der Waals surface area contributed by atoms with Crippen molar-refractivity contribution >= 4 is 75.1 Å². The monoisotopic (exact) mass is 595 g/mol. The lowest BCUT2D eigenvalue weighted by Crippen LogP contribution is -2.31. The molecule has 2 amide bonds. The third-order valence-electron chi connectivity index (χ3n) is 6.22. The van der Waals surface area contributed by atoms with Crippen LogP contribution in [0.15, 0.2) is 76.7 Å². The maximum Gasteiger partial charge on any atom is 0.338 e. The number of hydrogen-bond donors (Lipinski definition) is 0. The van der Waals surface area contributed by atoms with Gasteiger partial charge in [-0.1, -0.05) is 47.1 Å². The highest BCUT2D eigenvalue weighted by atomic mass is 35.5. The summed E-state index contributed by atoms with van der Waals surface area (Å²) in [4.78, 5) is 69.1. The molecule has 12 heteroatoms. The Balaban J connectivity index is 1.26. The summed E-state index contributed by atoms with van der Waals surface area (Å²) in [5.41, 5.74) is 0.828. The second kappa shape index (κ2) is 11.2. The number of carbonyl (C=O) groups excluding carboxylic acids is 4. The van der Waals surface area contributed by atoms with Gasteiger partial charge in [0.05, 0.1) is 27.2 Å². The summed E-state index contributed by atoms with van der Waals surface area (Å²) >= 11 is 12.9. The average molecular weight is 596 g/mol. The molecule has 9 nitrogen and oxygen atoms in total. The highest BCUT2D eigenvalue weighted by Gasteiger charge is 2.41. The predicted octanol–water partition coefficient (Wildman–Crippen LogP) is 4.70. The SMILES string of the molecule is Cn1c(SC2CC(=O)N(c3ccc(C(=O)OCC(=O)c4ccc(Cl)cc4Cl)cc3)C2=O)nc2ccccc2c1=O. The number of amides is 2. The molecule has 202 valence electrons. The van der Waals surface area contributed by atoms with Gasteiger partial charge < -0.3 is 4.74 Å². The number of esters is 1. The normalized spacial score (nSPS) is 15.1. The fourth-order valence-corrected chi connectivity index (χ4v) is 5.74. The lowest BCUT2D eigenvalue weighted by molar-refractivity contribution is -0.121. The Morgan fingerprint density at radius 1 is 1.02 bits per heavy atom. The number of hydrogen-bond acceptors (Lipinski definition) is 8. The first kappa shape index (κ1) is 27.6. The number of nitrogens with zero attached hydrogens (tertiary/aromatic N) is 3. The third kappa shape index (κ3) is 5.38. The van der Waals surface area contributed by atoms with Crippen LogP contribution < -0.4 is 10.5 Å². The molecule has 0 aliphatic carbocycles. The van der Waals surface area contributed by atoms with Gasteiger partial charge in [-0.2, -0.15) is 0 Å². The first-order valence-electron chi connectivity index (χ1n) is 11.9. The maximum absolute atomic E-state index is 13.2. The van der Waals surface area contributed by atoms with Crippen LogP contribution in [0.1, 0.15) is 27.1 Å². The minimum Gasteiger partial charge on any atom is -0.454 e. The molecule has 2 heterocycles. The van der Waals surface area contributed by atoms with Crippen molar-refractivity contribution in [2.45, 2.75) is 16.8 Å². The maximum atomic E-state index is 13.2. The molecule has 1 atom stereocenters. The number of carbonyl (C=O) groups is 4. The smallest absolute Gasteiger partial charge is 0.338 e. The molecular formula is C28H19Cl2N3O6S. The van der Waals surface area contributed by atoms with E-state index in [1.54, 1.807) is 31.3 Å². The molecule has 1 saturated heterocycles. The molecule has 1 aromatic heterocycles. The van der Waals surface area contributed by atoms with Crippen LogP contribution in [0, 0.1) is 0 Å². The number of thioether (sulfide) groups is 1. The molecule has 1 fully saturated rings. The van der Waals surface area contributed by atoms with Crippen molar-refractivity contribution in [3.05, 3.63) is 98.3 Å². The molecule has 3 aromatic carbocycles. The molecular weight excluding hydrogens is 577 g/mol. The highest BCUT2D eigenvalue weighted by molar-refractivity contribution is 8.00. The van der Waals surface area contributed by atoms with E-state index in [-0.39, 0.29) is 33.8 Å². The Morgan fingerprint density at radius 3 is 2.48 bits per heavy atom. The Morgan fingerprint density at radius 2 is 1.75 bits per heavy atom. The number of anilines is 1. The molecule has 0 radical (unpaired) electrons. The summed E-state index contributed by atoms with van der Waals surface area (Å²) in [7, 11) is 1.57. The second-order valence-electron chi connectivity index (χ2n) is 8.82. The average Bonchev–Trinajstić information content (AvgIpc) is 3.22. The van der Waals surface area contributed by atoms with Crippen LogP contribution in [0.4, 0.5) is 5.69 Å². The van der Waals surface area contributed by atoms with E-state index in [4.69, 9.17) is 27.9 Å². The molecule has 0 saturated carbocycles. The molecule has 1 unspecified atom stereocenters. The number of para-hydroxylation sites is 1. The van der Waals surface area contributed by atoms with Gasteiger partial charge >= 0.3 is 5.97 Å². The number of imide groups is 1. The molecule has 1 aliphatic heterocycles. The molecule has 4 aromatic rings. The summed E-state index contributed by atoms with van der Waals surface area (Å²) in [5.74, 6) is -2.14. The number of fused-ring (bicyclic) bond motifs is 1. The van der Waals surface area contributed by atoms with Crippen LogP contribution in [0.2, 0.25) is 10.0 Å². The first-order valence-corrected chi connectivity index (χ1v) is 13.5. The largest absolute Gasteiger partial charge is 0.454 e. The Hall–Kier alpha value is -3.99. The summed E-state index contributed by atoms with van der Waals surface area (Å²) in [6, 6.07) is 17.0. The van der Waals surface area contributed by atoms with Crippen LogP contribution in [0.3, 0.4) is 0 Å². The number of rotatable bonds is 7. The lowest BCUT2D eigenvalue weighted by Gasteiger charge is -2.16. The van der Waals surface area contributed by atoms with E-state index in [1.165, 1.54) is 47.0 Å². The standard InChI is InChI=1S/C28H19Cl2N3O6S/c1-32-25(36)19-4-2-3-5-21(19)31-28(32)40-23-13-24(35)33(26(23)37)17-9-6-15(7-10-17)27(38)39-14-22(34)18-11-8-16(29)12-20(18)30/h2-12,23H,13-14H2,1H3. The summed E-state index contributed by atoms with van der Waals surface area (Å²) < 4.78 is 6.47. The van der Waals surface area contributed by atoms with Crippen LogP contribution in [-0.4, -0.2) is 45.0 Å². The van der Waals surface area contributed by atoms with Gasteiger partial charge in [0, 0.05) is 24.1 Å². The Kier molecular flexibility index (Phi) is 7.75. The third-order valence-corrected chi connectivity index (χ3v) is 8.00. The van der Waals surface area contributed by atoms with Crippen molar-refractivity contribution in [3.63, 3.8) is 0 Å². The zero-order chi connectivity index (χ0) is 28.6. The fraction of sp³-hybridized carbons (Fsp3) is 0.143. The number of aromatic nitrogens is 2. The van der Waals surface area contributed by atoms with E-state index < -0.39 is 35.4 Å². The van der Waals surface area contributed by atoms with E-state index >= 15 is 0 Å². The van der Waals surface area contributed by atoms with Gasteiger partial charge in [0.25, 0.3) is 5.56 Å². The van der Waals surface area contributed by atoms with Crippen LogP contribution in [-0.2, 0) is 21.4 Å². The van der Waals surface area contributed by atoms with E-state index in [2.05, 4.69) is 4.98 Å². The van der Waals surface area contributed by atoms with Gasteiger partial charge in [-0.05, 0) is 54.6 Å². The number of Topliss-reactive ketones (excluding diaryl/α,β-unsaturated/α-hetero) is 1. The minimum atomic E-state index is -0.776. The van der Waals surface area contributed by atoms with Crippen molar-refractivity contribution in [2.75, 3.05) is 11.5 Å². The topological polar surface area (TPSA) is 116 Å². The zero-order valence-electron chi connectivity index (χ0n) is 20.8. The summed E-state index contributed by atoms with van der Waals surface area (Å²) in [5, 5.41) is 0.523. The molecule has 0 spiro atoms. The van der Waals surface area contributed by atoms with Gasteiger partial charge in [-0.15, -0.1) is 0 Å². The molecule has 0 bridgehead atoms. The molecule has 5 rings (SSSR count). The van der Waals surface area contributed by atoms with E-state index in [1.807, 2.05) is 0 Å². The van der Waals surface area contributed by atoms with E-state index in [0.717, 1.165) is 16.7 Å². The number of ketones is 1. The van der Waals surface area contributed by atoms with Crippen LogP contribution >= 0.6 is 35.0 Å². The number of halogens is 2.